The maximum absolute atomic E-state index is 11.9. The van der Waals surface area contributed by atoms with Gasteiger partial charge in [0.15, 0.2) is 11.6 Å². The van der Waals surface area contributed by atoms with Crippen LogP contribution in [0.3, 0.4) is 0 Å². The molecule has 128 valence electrons. The molecule has 0 saturated carbocycles. The lowest BCUT2D eigenvalue weighted by Crippen LogP contribution is -2.01. The number of hydrogen-bond donors (Lipinski definition) is 0. The number of allylic oxidation sites excluding steroid dienone is 2. The Kier molecular flexibility index (Phi) is 6.12. The average Bonchev–Trinajstić information content (AvgIpc) is 2.60. The Labute approximate surface area is 145 Å². The molecule has 5 heteroatoms. The van der Waals surface area contributed by atoms with Crippen molar-refractivity contribution in [3.05, 3.63) is 65.7 Å². The molecule has 0 aromatic heterocycles. The highest BCUT2D eigenvalue weighted by Gasteiger charge is 2.06. The summed E-state index contributed by atoms with van der Waals surface area (Å²) >= 11 is 0. The lowest BCUT2D eigenvalue weighted by molar-refractivity contribution is -0.121. The minimum atomic E-state index is -0.301. The Balaban J connectivity index is 1.92. The zero-order valence-electron chi connectivity index (χ0n) is 13.8. The molecule has 0 heterocycles. The summed E-state index contributed by atoms with van der Waals surface area (Å²) in [6.45, 7) is 0. The van der Waals surface area contributed by atoms with E-state index in [9.17, 15) is 9.59 Å². The van der Waals surface area contributed by atoms with Crippen molar-refractivity contribution in [2.45, 2.75) is 6.42 Å². The van der Waals surface area contributed by atoms with Gasteiger partial charge in [-0.05, 0) is 47.5 Å². The molecule has 0 aliphatic rings. The van der Waals surface area contributed by atoms with E-state index < -0.39 is 0 Å². The van der Waals surface area contributed by atoms with Crippen LogP contribution in [-0.4, -0.2) is 28.9 Å². The van der Waals surface area contributed by atoms with Gasteiger partial charge in [-0.25, -0.2) is 0 Å². The molecule has 25 heavy (non-hydrogen) atoms. The zero-order valence-corrected chi connectivity index (χ0v) is 13.8. The number of ketones is 2. The SMILES string of the molecule is COc1cc(/C=C/C(=O)CC(=O)/C=C/c2ccc([OH2+])cc2)ccc1[OH2+]. The summed E-state index contributed by atoms with van der Waals surface area (Å²) < 4.78 is 5.06. The zero-order chi connectivity index (χ0) is 18.2. The minimum Gasteiger partial charge on any atom is -0.593 e. The second-order valence-electron chi connectivity index (χ2n) is 5.36. The fourth-order valence-corrected chi connectivity index (χ4v) is 2.07. The van der Waals surface area contributed by atoms with Gasteiger partial charge >= 0.3 is 0 Å². The standard InChI is InChI=1S/C20H18O5/c1-25-20-12-15(6-11-19(20)24)5-10-18(23)13-17(22)9-4-14-2-7-16(21)8-3-14/h2-12,21,24H,13H2,1H3/p+2/b9-4+,10-5+. The monoisotopic (exact) mass is 340 g/mol. The van der Waals surface area contributed by atoms with Crippen LogP contribution in [0.1, 0.15) is 17.5 Å². The number of hydrogen-bond acceptors (Lipinski definition) is 3. The van der Waals surface area contributed by atoms with E-state index >= 15 is 0 Å². The molecule has 0 unspecified atom stereocenters. The van der Waals surface area contributed by atoms with Crippen molar-refractivity contribution in [2.24, 2.45) is 0 Å². The van der Waals surface area contributed by atoms with Gasteiger partial charge in [0.2, 0.25) is 5.75 Å². The molecule has 0 atom stereocenters. The van der Waals surface area contributed by atoms with Crippen molar-refractivity contribution in [1.82, 2.24) is 0 Å². The highest BCUT2D eigenvalue weighted by Crippen LogP contribution is 2.26. The van der Waals surface area contributed by atoms with Gasteiger partial charge in [-0.15, -0.1) is 0 Å². The first kappa shape index (κ1) is 18.0. The highest BCUT2D eigenvalue weighted by molar-refractivity contribution is 6.10. The van der Waals surface area contributed by atoms with E-state index in [2.05, 4.69) is 0 Å². The van der Waals surface area contributed by atoms with Crippen molar-refractivity contribution in [1.29, 1.82) is 0 Å². The summed E-state index contributed by atoms with van der Waals surface area (Å²) in [7, 11) is 1.48. The number of rotatable bonds is 7. The molecule has 4 N–H and O–H groups in total. The van der Waals surface area contributed by atoms with E-state index in [1.165, 1.54) is 19.3 Å². The molecule has 2 rings (SSSR count). The van der Waals surface area contributed by atoms with E-state index in [0.717, 1.165) is 11.1 Å². The lowest BCUT2D eigenvalue weighted by Gasteiger charge is -2.00. The van der Waals surface area contributed by atoms with Gasteiger partial charge < -0.3 is 14.9 Å². The predicted molar refractivity (Wildman–Crippen MR) is 98.3 cm³/mol. The molecule has 0 aliphatic carbocycles. The normalized spacial score (nSPS) is 11.1. The van der Waals surface area contributed by atoms with Crippen molar-refractivity contribution in [3.8, 4) is 17.2 Å². The summed E-state index contributed by atoms with van der Waals surface area (Å²) in [6, 6.07) is 11.7. The van der Waals surface area contributed by atoms with E-state index in [4.69, 9.17) is 14.9 Å². The van der Waals surface area contributed by atoms with Gasteiger partial charge in [0.1, 0.15) is 0 Å². The summed E-state index contributed by atoms with van der Waals surface area (Å²) in [4.78, 5) is 23.7. The van der Waals surface area contributed by atoms with E-state index in [1.807, 2.05) is 0 Å². The fourth-order valence-electron chi connectivity index (χ4n) is 2.07. The number of carbonyl (C=O) groups excluding carboxylic acids is 2. The molecule has 5 nitrogen and oxygen atoms in total. The Bertz CT molecular complexity index is 816. The van der Waals surface area contributed by atoms with Gasteiger partial charge in [-0.2, -0.15) is 0 Å². The van der Waals surface area contributed by atoms with Crippen LogP contribution in [0.4, 0.5) is 0 Å². The van der Waals surface area contributed by atoms with E-state index in [0.29, 0.717) is 11.5 Å². The molecule has 0 fully saturated rings. The van der Waals surface area contributed by atoms with Crippen molar-refractivity contribution >= 4 is 23.7 Å². The Hall–Kier alpha value is -3.34. The molecule has 0 saturated heterocycles. The van der Waals surface area contributed by atoms with Crippen molar-refractivity contribution in [3.63, 3.8) is 0 Å². The minimum absolute atomic E-state index is 0.211. The molecule has 0 bridgehead atoms. The predicted octanol–water partition coefficient (Wildman–Crippen LogP) is 2.83. The lowest BCUT2D eigenvalue weighted by atomic mass is 10.1. The third-order valence-electron chi connectivity index (χ3n) is 3.41. The van der Waals surface area contributed by atoms with Crippen LogP contribution in [0.2, 0.25) is 0 Å². The largest absolute Gasteiger partial charge is 0.593 e. The molecular weight excluding hydrogens is 320 g/mol. The van der Waals surface area contributed by atoms with Crippen LogP contribution in [0.5, 0.6) is 17.2 Å². The molecule has 0 amide bonds. The van der Waals surface area contributed by atoms with E-state index in [-0.39, 0.29) is 23.7 Å². The van der Waals surface area contributed by atoms with Gasteiger partial charge in [-0.1, -0.05) is 12.2 Å². The molecule has 2 aromatic carbocycles. The molecule has 0 aliphatic heterocycles. The first-order valence-corrected chi connectivity index (χ1v) is 7.61. The third kappa shape index (κ3) is 5.66. The second-order valence-corrected chi connectivity index (χ2v) is 5.36. The third-order valence-corrected chi connectivity index (χ3v) is 3.41. The van der Waals surface area contributed by atoms with E-state index in [1.54, 1.807) is 54.6 Å². The van der Waals surface area contributed by atoms with Crippen LogP contribution in [0, 0.1) is 0 Å². The first-order valence-electron chi connectivity index (χ1n) is 7.61. The Morgan fingerprint density at radius 3 is 2.08 bits per heavy atom. The van der Waals surface area contributed by atoms with Crippen LogP contribution in [0.15, 0.2) is 54.6 Å². The van der Waals surface area contributed by atoms with Gasteiger partial charge in [-0.3, -0.25) is 9.59 Å². The number of benzene rings is 2. The topological polar surface area (TPSA) is 89.2 Å². The first-order chi connectivity index (χ1) is 12.0. The molecule has 0 spiro atoms. The second kappa shape index (κ2) is 8.49. The van der Waals surface area contributed by atoms with Crippen molar-refractivity contribution in [2.75, 3.05) is 7.11 Å². The van der Waals surface area contributed by atoms with Gasteiger partial charge in [0.05, 0.1) is 13.5 Å². The number of carbonyl (C=O) groups is 2. The Morgan fingerprint density at radius 1 is 0.920 bits per heavy atom. The summed E-state index contributed by atoms with van der Waals surface area (Å²) in [6.07, 6.45) is 5.71. The highest BCUT2D eigenvalue weighted by atomic mass is 16.5. The van der Waals surface area contributed by atoms with Crippen molar-refractivity contribution < 1.29 is 24.5 Å². The average molecular weight is 340 g/mol. The number of methoxy groups -OCH3 is 1. The molecule has 2 aromatic rings. The molecule has 0 radical (unpaired) electrons. The maximum Gasteiger partial charge on any atom is 0.296 e. The summed E-state index contributed by atoms with van der Waals surface area (Å²) in [5, 5.41) is 15.0. The molecular formula is C20H20O5+2. The van der Waals surface area contributed by atoms with Crippen LogP contribution < -0.4 is 4.74 Å². The Morgan fingerprint density at radius 2 is 1.48 bits per heavy atom. The summed E-state index contributed by atoms with van der Waals surface area (Å²) in [5.41, 5.74) is 1.52. The van der Waals surface area contributed by atoms with Crippen LogP contribution >= 0.6 is 0 Å². The summed E-state index contributed by atoms with van der Waals surface area (Å²) in [5.74, 6) is 0.504. The van der Waals surface area contributed by atoms with Gasteiger partial charge in [0, 0.05) is 18.2 Å². The maximum atomic E-state index is 11.9. The van der Waals surface area contributed by atoms with Crippen LogP contribution in [-0.2, 0) is 9.59 Å². The van der Waals surface area contributed by atoms with Gasteiger partial charge in [0.25, 0.3) is 11.5 Å². The fraction of sp³-hybridized carbons (Fsp3) is 0.100. The van der Waals surface area contributed by atoms with Crippen LogP contribution in [0.25, 0.3) is 12.2 Å². The quantitative estimate of drug-likeness (QED) is 0.441. The smallest absolute Gasteiger partial charge is 0.296 e. The number of ether oxygens (including phenoxy) is 1.